The smallest absolute Gasteiger partial charge is 0.224 e. The Hall–Kier alpha value is -1.88. The first-order valence-electron chi connectivity index (χ1n) is 7.94. The summed E-state index contributed by atoms with van der Waals surface area (Å²) in [5.41, 5.74) is 1.99. The molecule has 2 aromatic rings. The van der Waals surface area contributed by atoms with Crippen molar-refractivity contribution in [2.45, 2.75) is 26.2 Å². The van der Waals surface area contributed by atoms with E-state index in [-0.39, 0.29) is 18.1 Å². The van der Waals surface area contributed by atoms with Gasteiger partial charge in [-0.05, 0) is 65.5 Å². The number of carbonyl (C=O) groups is 1. The summed E-state index contributed by atoms with van der Waals surface area (Å²) in [5.74, 6) is 0.479. The Bertz CT molecular complexity index is 674. The molecule has 0 fully saturated rings. The van der Waals surface area contributed by atoms with E-state index in [9.17, 15) is 9.18 Å². The molecule has 24 heavy (non-hydrogen) atoms. The van der Waals surface area contributed by atoms with Crippen molar-refractivity contribution in [3.63, 3.8) is 0 Å². The zero-order valence-corrected chi connectivity index (χ0v) is 15.2. The van der Waals surface area contributed by atoms with Gasteiger partial charge in [0.2, 0.25) is 5.91 Å². The molecule has 2 aromatic carbocycles. The van der Waals surface area contributed by atoms with E-state index in [1.54, 1.807) is 12.1 Å². The van der Waals surface area contributed by atoms with Crippen LogP contribution >= 0.6 is 15.9 Å². The first kappa shape index (κ1) is 18.5. The van der Waals surface area contributed by atoms with Gasteiger partial charge in [-0.1, -0.05) is 23.8 Å². The highest BCUT2D eigenvalue weighted by molar-refractivity contribution is 9.10. The van der Waals surface area contributed by atoms with Gasteiger partial charge in [0.1, 0.15) is 11.6 Å². The molecule has 0 saturated heterocycles. The number of aryl methyl sites for hydroxylation is 1. The maximum Gasteiger partial charge on any atom is 0.224 e. The van der Waals surface area contributed by atoms with Gasteiger partial charge in [0.25, 0.3) is 0 Å². The number of nitrogens with one attached hydrogen (secondary N) is 1. The van der Waals surface area contributed by atoms with Gasteiger partial charge in [-0.2, -0.15) is 0 Å². The summed E-state index contributed by atoms with van der Waals surface area (Å²) >= 11 is 3.12. The first-order valence-corrected chi connectivity index (χ1v) is 8.74. The highest BCUT2D eigenvalue weighted by atomic mass is 79.9. The normalized spacial score (nSPS) is 10.5. The highest BCUT2D eigenvalue weighted by Crippen LogP contribution is 2.17. The lowest BCUT2D eigenvalue weighted by Crippen LogP contribution is -2.26. The number of unbranched alkanes of at least 4 members (excludes halogenated alkanes) is 1. The molecule has 1 amide bonds. The van der Waals surface area contributed by atoms with Crippen LogP contribution in [0.3, 0.4) is 0 Å². The zero-order chi connectivity index (χ0) is 17.4. The van der Waals surface area contributed by atoms with Crippen LogP contribution in [-0.4, -0.2) is 19.1 Å². The van der Waals surface area contributed by atoms with Gasteiger partial charge in [0, 0.05) is 6.54 Å². The van der Waals surface area contributed by atoms with Crippen LogP contribution in [0.25, 0.3) is 0 Å². The van der Waals surface area contributed by atoms with Crippen molar-refractivity contribution in [2.75, 3.05) is 13.2 Å². The second-order valence-electron chi connectivity index (χ2n) is 5.64. The molecule has 0 spiro atoms. The van der Waals surface area contributed by atoms with E-state index in [4.69, 9.17) is 4.74 Å². The summed E-state index contributed by atoms with van der Waals surface area (Å²) in [5, 5.41) is 2.87. The molecule has 1 N–H and O–H groups in total. The lowest BCUT2D eigenvalue weighted by molar-refractivity contribution is -0.120. The van der Waals surface area contributed by atoms with Crippen LogP contribution in [0.1, 0.15) is 24.0 Å². The largest absolute Gasteiger partial charge is 0.494 e. The summed E-state index contributed by atoms with van der Waals surface area (Å²) < 4.78 is 19.2. The van der Waals surface area contributed by atoms with Crippen LogP contribution in [0, 0.1) is 12.7 Å². The quantitative estimate of drug-likeness (QED) is 0.674. The molecule has 0 aliphatic rings. The fraction of sp³-hybridized carbons (Fsp3) is 0.316. The molecule has 0 heterocycles. The number of benzene rings is 2. The standard InChI is InChI=1S/C19H21BrFNO2/c1-14-4-7-16(8-5-14)24-11-3-2-10-22-19(23)13-15-6-9-18(21)17(20)12-15/h4-9,12H,2-3,10-11,13H2,1H3,(H,22,23). The number of hydrogen-bond donors (Lipinski definition) is 1. The maximum absolute atomic E-state index is 13.1. The molecule has 0 aliphatic carbocycles. The third kappa shape index (κ3) is 6.32. The van der Waals surface area contributed by atoms with Crippen molar-refractivity contribution < 1.29 is 13.9 Å². The number of rotatable bonds is 8. The van der Waals surface area contributed by atoms with Crippen LogP contribution in [0.4, 0.5) is 4.39 Å². The van der Waals surface area contributed by atoms with Gasteiger partial charge in [0.05, 0.1) is 17.5 Å². The number of ether oxygens (including phenoxy) is 1. The third-order valence-electron chi connectivity index (χ3n) is 3.53. The fourth-order valence-electron chi connectivity index (χ4n) is 2.18. The summed E-state index contributed by atoms with van der Waals surface area (Å²) in [7, 11) is 0. The van der Waals surface area contributed by atoms with Gasteiger partial charge >= 0.3 is 0 Å². The van der Waals surface area contributed by atoms with E-state index < -0.39 is 0 Å². The van der Waals surface area contributed by atoms with E-state index >= 15 is 0 Å². The lowest BCUT2D eigenvalue weighted by atomic mass is 10.1. The lowest BCUT2D eigenvalue weighted by Gasteiger charge is -2.08. The molecule has 0 unspecified atom stereocenters. The Balaban J connectivity index is 1.59. The molecule has 0 aromatic heterocycles. The molecule has 5 heteroatoms. The van der Waals surface area contributed by atoms with Crippen molar-refractivity contribution >= 4 is 21.8 Å². The molecular weight excluding hydrogens is 373 g/mol. The zero-order valence-electron chi connectivity index (χ0n) is 13.6. The van der Waals surface area contributed by atoms with E-state index in [1.165, 1.54) is 11.6 Å². The molecule has 0 aliphatic heterocycles. The van der Waals surface area contributed by atoms with Crippen molar-refractivity contribution in [2.24, 2.45) is 0 Å². The summed E-state index contributed by atoms with van der Waals surface area (Å²) in [4.78, 5) is 11.8. The van der Waals surface area contributed by atoms with Crippen molar-refractivity contribution in [3.8, 4) is 5.75 Å². The SMILES string of the molecule is Cc1ccc(OCCCCNC(=O)Cc2ccc(F)c(Br)c2)cc1. The first-order chi connectivity index (χ1) is 11.5. The van der Waals surface area contributed by atoms with Crippen molar-refractivity contribution in [3.05, 3.63) is 63.9 Å². The molecule has 0 atom stereocenters. The number of halogens is 2. The predicted molar refractivity (Wildman–Crippen MR) is 96.7 cm³/mol. The average Bonchev–Trinajstić information content (AvgIpc) is 2.56. The summed E-state index contributed by atoms with van der Waals surface area (Å²) in [6.45, 7) is 3.28. The summed E-state index contributed by atoms with van der Waals surface area (Å²) in [6.07, 6.45) is 1.97. The molecule has 128 valence electrons. The van der Waals surface area contributed by atoms with Gasteiger partial charge in [-0.15, -0.1) is 0 Å². The second kappa shape index (κ2) is 9.42. The molecule has 0 radical (unpaired) electrons. The van der Waals surface area contributed by atoms with E-state index in [0.717, 1.165) is 24.2 Å². The third-order valence-corrected chi connectivity index (χ3v) is 4.14. The van der Waals surface area contributed by atoms with E-state index in [2.05, 4.69) is 21.2 Å². The number of carbonyl (C=O) groups excluding carboxylic acids is 1. The van der Waals surface area contributed by atoms with Gasteiger partial charge < -0.3 is 10.1 Å². The Morgan fingerprint density at radius 3 is 2.62 bits per heavy atom. The topological polar surface area (TPSA) is 38.3 Å². The minimum Gasteiger partial charge on any atom is -0.494 e. The van der Waals surface area contributed by atoms with Gasteiger partial charge in [-0.25, -0.2) is 4.39 Å². The Morgan fingerprint density at radius 1 is 1.17 bits per heavy atom. The van der Waals surface area contributed by atoms with Crippen molar-refractivity contribution in [1.82, 2.24) is 5.32 Å². The van der Waals surface area contributed by atoms with E-state index in [1.807, 2.05) is 31.2 Å². The fourth-order valence-corrected chi connectivity index (χ4v) is 2.60. The monoisotopic (exact) mass is 393 g/mol. The summed E-state index contributed by atoms with van der Waals surface area (Å²) in [6, 6.07) is 12.6. The van der Waals surface area contributed by atoms with Crippen LogP contribution in [-0.2, 0) is 11.2 Å². The van der Waals surface area contributed by atoms with Crippen LogP contribution in [0.2, 0.25) is 0 Å². The minimum atomic E-state index is -0.326. The van der Waals surface area contributed by atoms with Gasteiger partial charge in [0.15, 0.2) is 0 Å². The number of amides is 1. The Kier molecular flexibility index (Phi) is 7.25. The van der Waals surface area contributed by atoms with E-state index in [0.29, 0.717) is 17.6 Å². The Morgan fingerprint density at radius 2 is 1.92 bits per heavy atom. The van der Waals surface area contributed by atoms with Crippen LogP contribution in [0.5, 0.6) is 5.75 Å². The van der Waals surface area contributed by atoms with Crippen LogP contribution in [0.15, 0.2) is 46.9 Å². The Labute approximate surface area is 150 Å². The number of hydrogen-bond acceptors (Lipinski definition) is 2. The average molecular weight is 394 g/mol. The molecule has 3 nitrogen and oxygen atoms in total. The maximum atomic E-state index is 13.1. The molecule has 2 rings (SSSR count). The molecule has 0 saturated carbocycles. The van der Waals surface area contributed by atoms with Crippen molar-refractivity contribution in [1.29, 1.82) is 0 Å². The van der Waals surface area contributed by atoms with Crippen LogP contribution < -0.4 is 10.1 Å². The van der Waals surface area contributed by atoms with Gasteiger partial charge in [-0.3, -0.25) is 4.79 Å². The predicted octanol–water partition coefficient (Wildman–Crippen LogP) is 4.41. The molecular formula is C19H21BrFNO2. The second-order valence-corrected chi connectivity index (χ2v) is 6.50. The minimum absolute atomic E-state index is 0.0621. The highest BCUT2D eigenvalue weighted by Gasteiger charge is 2.05. The molecule has 0 bridgehead atoms.